The maximum atomic E-state index is 9.27. The van der Waals surface area contributed by atoms with Crippen LogP contribution in [0.3, 0.4) is 0 Å². The average molecular weight is 323 g/mol. The molecule has 9 heteroatoms. The standard InChI is InChI=1S/C10H20Cl2O7/c11-8(19-12)10(4-16,5-17)7-18-6-9(1-13,2-14)3-15/h8,13-17H,1-7H2. The molecule has 0 saturated heterocycles. The number of hydrogen-bond acceptors (Lipinski definition) is 7. The van der Waals surface area contributed by atoms with Crippen LogP contribution in [0.4, 0.5) is 0 Å². The van der Waals surface area contributed by atoms with Crippen molar-refractivity contribution in [3.63, 3.8) is 0 Å². The third-order valence-electron chi connectivity index (χ3n) is 2.99. The van der Waals surface area contributed by atoms with Crippen LogP contribution in [0, 0.1) is 10.8 Å². The summed E-state index contributed by atoms with van der Waals surface area (Å²) in [6.07, 6.45) is 0. The second-order valence-electron chi connectivity index (χ2n) is 4.55. The average Bonchev–Trinajstić information content (AvgIpc) is 2.48. The summed E-state index contributed by atoms with van der Waals surface area (Å²) in [5, 5.41) is 45.9. The van der Waals surface area contributed by atoms with E-state index in [9.17, 15) is 10.2 Å². The van der Waals surface area contributed by atoms with E-state index in [0.717, 1.165) is 0 Å². The molecule has 0 bridgehead atoms. The summed E-state index contributed by atoms with van der Waals surface area (Å²) in [4.78, 5) is 0. The summed E-state index contributed by atoms with van der Waals surface area (Å²) >= 11 is 10.9. The van der Waals surface area contributed by atoms with E-state index in [1.165, 1.54) is 0 Å². The zero-order chi connectivity index (χ0) is 14.9. The molecule has 0 saturated carbocycles. The van der Waals surface area contributed by atoms with E-state index in [1.807, 2.05) is 0 Å². The Balaban J connectivity index is 4.57. The maximum Gasteiger partial charge on any atom is 0.164 e. The summed E-state index contributed by atoms with van der Waals surface area (Å²) in [7, 11) is 0. The van der Waals surface area contributed by atoms with E-state index in [0.29, 0.717) is 0 Å². The van der Waals surface area contributed by atoms with Crippen LogP contribution < -0.4 is 0 Å². The summed E-state index contributed by atoms with van der Waals surface area (Å²) in [5.41, 5.74) is -3.74. The molecule has 0 rings (SSSR count). The van der Waals surface area contributed by atoms with Gasteiger partial charge in [0, 0.05) is 0 Å². The molecule has 0 aromatic carbocycles. The van der Waals surface area contributed by atoms with E-state index >= 15 is 0 Å². The highest BCUT2D eigenvalue weighted by Crippen LogP contribution is 2.29. The molecule has 0 aromatic rings. The number of aliphatic hydroxyl groups excluding tert-OH is 5. The molecule has 0 fully saturated rings. The minimum absolute atomic E-state index is 0.190. The van der Waals surface area contributed by atoms with Gasteiger partial charge in [-0.05, 0) is 0 Å². The number of rotatable bonds is 11. The van der Waals surface area contributed by atoms with Crippen molar-refractivity contribution in [3.05, 3.63) is 0 Å². The molecule has 5 N–H and O–H groups in total. The van der Waals surface area contributed by atoms with E-state index in [4.69, 9.17) is 43.5 Å². The molecule has 0 aliphatic heterocycles. The van der Waals surface area contributed by atoms with Crippen molar-refractivity contribution >= 4 is 23.5 Å². The molecular weight excluding hydrogens is 303 g/mol. The van der Waals surface area contributed by atoms with Crippen molar-refractivity contribution in [2.75, 3.05) is 46.2 Å². The number of aliphatic hydroxyl groups is 5. The van der Waals surface area contributed by atoms with Gasteiger partial charge in [-0.2, -0.15) is 0 Å². The van der Waals surface area contributed by atoms with Crippen LogP contribution in [0.25, 0.3) is 0 Å². The molecule has 0 aromatic heterocycles. The van der Waals surface area contributed by atoms with Crippen molar-refractivity contribution in [3.8, 4) is 0 Å². The van der Waals surface area contributed by atoms with Gasteiger partial charge < -0.3 is 30.3 Å². The molecule has 116 valence electrons. The van der Waals surface area contributed by atoms with Crippen molar-refractivity contribution < 1.29 is 34.6 Å². The van der Waals surface area contributed by atoms with Gasteiger partial charge in [0.05, 0.1) is 68.9 Å². The number of ether oxygens (including phenoxy) is 1. The quantitative estimate of drug-likeness (QED) is 0.299. The van der Waals surface area contributed by atoms with Gasteiger partial charge in [0.25, 0.3) is 0 Å². The van der Waals surface area contributed by atoms with E-state index in [-0.39, 0.29) is 13.2 Å². The lowest BCUT2D eigenvalue weighted by Gasteiger charge is -2.34. The second-order valence-corrected chi connectivity index (χ2v) is 5.13. The Morgan fingerprint density at radius 2 is 1.32 bits per heavy atom. The van der Waals surface area contributed by atoms with Crippen LogP contribution in [0.5, 0.6) is 0 Å². The lowest BCUT2D eigenvalue weighted by molar-refractivity contribution is -0.106. The molecule has 0 aliphatic carbocycles. The zero-order valence-corrected chi connectivity index (χ0v) is 11.8. The summed E-state index contributed by atoms with van der Waals surface area (Å²) in [5.74, 6) is 0. The Morgan fingerprint density at radius 3 is 1.63 bits per heavy atom. The molecule has 0 aliphatic rings. The molecule has 7 nitrogen and oxygen atoms in total. The van der Waals surface area contributed by atoms with Gasteiger partial charge in [0.1, 0.15) is 0 Å². The highest BCUT2D eigenvalue weighted by Gasteiger charge is 2.40. The normalized spacial score (nSPS) is 14.7. The van der Waals surface area contributed by atoms with Crippen LogP contribution in [0.2, 0.25) is 0 Å². The van der Waals surface area contributed by atoms with Crippen molar-refractivity contribution in [2.45, 2.75) is 5.56 Å². The van der Waals surface area contributed by atoms with E-state index in [1.54, 1.807) is 0 Å². The molecule has 1 unspecified atom stereocenters. The molecule has 0 heterocycles. The second kappa shape index (κ2) is 9.28. The van der Waals surface area contributed by atoms with Crippen molar-refractivity contribution in [1.82, 2.24) is 0 Å². The fourth-order valence-electron chi connectivity index (χ4n) is 1.20. The van der Waals surface area contributed by atoms with Crippen LogP contribution >= 0.6 is 23.5 Å². The molecular formula is C10H20Cl2O7. The highest BCUT2D eigenvalue weighted by atomic mass is 35.5. The Hall–Kier alpha value is 0.300. The number of halogens is 2. The third-order valence-corrected chi connectivity index (χ3v) is 3.81. The first-order valence-corrected chi connectivity index (χ1v) is 6.28. The first kappa shape index (κ1) is 19.3. The van der Waals surface area contributed by atoms with Crippen molar-refractivity contribution in [2.24, 2.45) is 10.8 Å². The molecule has 19 heavy (non-hydrogen) atoms. The van der Waals surface area contributed by atoms with E-state index in [2.05, 4.69) is 4.29 Å². The Labute approximate surface area is 121 Å². The summed E-state index contributed by atoms with van der Waals surface area (Å²) in [6.45, 7) is -2.97. The Morgan fingerprint density at radius 1 is 0.842 bits per heavy atom. The van der Waals surface area contributed by atoms with Crippen LogP contribution in [0.15, 0.2) is 0 Å². The largest absolute Gasteiger partial charge is 0.396 e. The maximum absolute atomic E-state index is 9.27. The van der Waals surface area contributed by atoms with Crippen LogP contribution in [-0.2, 0) is 9.03 Å². The summed E-state index contributed by atoms with van der Waals surface area (Å²) < 4.78 is 9.57. The van der Waals surface area contributed by atoms with Gasteiger partial charge in [-0.15, -0.1) is 0 Å². The minimum atomic E-state index is -1.34. The first-order chi connectivity index (χ1) is 8.99. The lowest BCUT2D eigenvalue weighted by Crippen LogP contribution is -2.46. The van der Waals surface area contributed by atoms with Gasteiger partial charge >= 0.3 is 0 Å². The number of alkyl halides is 1. The van der Waals surface area contributed by atoms with Gasteiger partial charge in [0.15, 0.2) is 5.56 Å². The predicted molar refractivity (Wildman–Crippen MR) is 67.7 cm³/mol. The Kier molecular flexibility index (Phi) is 9.42. The fraction of sp³-hybridized carbons (Fsp3) is 1.00. The van der Waals surface area contributed by atoms with Gasteiger partial charge in [0.2, 0.25) is 0 Å². The first-order valence-electron chi connectivity index (χ1n) is 5.53. The van der Waals surface area contributed by atoms with Crippen LogP contribution in [-0.4, -0.2) is 77.3 Å². The zero-order valence-electron chi connectivity index (χ0n) is 10.3. The monoisotopic (exact) mass is 322 g/mol. The van der Waals surface area contributed by atoms with Gasteiger partial charge in [-0.25, -0.2) is 0 Å². The smallest absolute Gasteiger partial charge is 0.164 e. The molecule has 0 spiro atoms. The predicted octanol–water partition coefficient (Wildman–Crippen LogP) is -1.33. The highest BCUT2D eigenvalue weighted by molar-refractivity contribution is 6.22. The lowest BCUT2D eigenvalue weighted by atomic mass is 9.90. The third kappa shape index (κ3) is 4.96. The Bertz CT molecular complexity index is 226. The van der Waals surface area contributed by atoms with Gasteiger partial charge in [-0.1, -0.05) is 11.6 Å². The molecule has 1 atom stereocenters. The molecule has 0 amide bonds. The van der Waals surface area contributed by atoms with E-state index < -0.39 is 49.4 Å². The summed E-state index contributed by atoms with van der Waals surface area (Å²) in [6, 6.07) is 0. The van der Waals surface area contributed by atoms with Gasteiger partial charge in [-0.3, -0.25) is 4.29 Å². The topological polar surface area (TPSA) is 120 Å². The SMILES string of the molecule is OCC(CO)(CO)COCC(CO)(CO)C(Cl)OCl. The van der Waals surface area contributed by atoms with Crippen molar-refractivity contribution in [1.29, 1.82) is 0 Å². The minimum Gasteiger partial charge on any atom is -0.396 e. The van der Waals surface area contributed by atoms with Crippen LogP contribution in [0.1, 0.15) is 0 Å². The number of hydrogen-bond donors (Lipinski definition) is 5. The molecule has 0 radical (unpaired) electrons. The fourth-order valence-corrected chi connectivity index (χ4v) is 1.59.